The highest BCUT2D eigenvalue weighted by Crippen LogP contribution is 2.30. The van der Waals surface area contributed by atoms with Crippen molar-refractivity contribution in [3.8, 4) is 6.07 Å². The van der Waals surface area contributed by atoms with E-state index in [0.29, 0.717) is 45.1 Å². The second-order valence-electron chi connectivity index (χ2n) is 6.81. The minimum Gasteiger partial charge on any atom is -0.381 e. The normalized spacial score (nSPS) is 22.3. The number of carbonyl (C=O) groups excluding carboxylic acids is 1. The summed E-state index contributed by atoms with van der Waals surface area (Å²) in [4.78, 5) is 14.7. The van der Waals surface area contributed by atoms with Crippen LogP contribution in [0.2, 0.25) is 0 Å². The van der Waals surface area contributed by atoms with Crippen LogP contribution in [0.3, 0.4) is 0 Å². The van der Waals surface area contributed by atoms with E-state index in [0.717, 1.165) is 12.8 Å². The van der Waals surface area contributed by atoms with Crippen molar-refractivity contribution in [1.82, 2.24) is 5.32 Å². The molecule has 0 saturated carbocycles. The van der Waals surface area contributed by atoms with Crippen LogP contribution in [0.1, 0.15) is 38.2 Å². The lowest BCUT2D eigenvalue weighted by Crippen LogP contribution is -2.51. The van der Waals surface area contributed by atoms with Crippen molar-refractivity contribution in [2.75, 3.05) is 24.7 Å². The van der Waals surface area contributed by atoms with Crippen molar-refractivity contribution >= 4 is 11.6 Å². The van der Waals surface area contributed by atoms with Gasteiger partial charge >= 0.3 is 0 Å². The summed E-state index contributed by atoms with van der Waals surface area (Å²) in [5, 5.41) is 12.4. The number of aryl methyl sites for hydroxylation is 1. The highest BCUT2D eigenvalue weighted by atomic mass is 16.5. The lowest BCUT2D eigenvalue weighted by atomic mass is 9.91. The van der Waals surface area contributed by atoms with Gasteiger partial charge in [-0.05, 0) is 31.4 Å². The van der Waals surface area contributed by atoms with Gasteiger partial charge in [0, 0.05) is 50.8 Å². The molecular formula is C19H25N3O2. The van der Waals surface area contributed by atoms with Gasteiger partial charge in [-0.15, -0.1) is 0 Å². The smallest absolute Gasteiger partial charge is 0.223 e. The van der Waals surface area contributed by atoms with Gasteiger partial charge in [-0.25, -0.2) is 0 Å². The molecule has 1 saturated heterocycles. The van der Waals surface area contributed by atoms with E-state index in [2.05, 4.69) is 47.5 Å². The van der Waals surface area contributed by atoms with E-state index in [1.807, 2.05) is 0 Å². The third-order valence-electron chi connectivity index (χ3n) is 5.18. The third-order valence-corrected chi connectivity index (χ3v) is 5.18. The average Bonchev–Trinajstić information content (AvgIpc) is 2.61. The lowest BCUT2D eigenvalue weighted by molar-refractivity contribution is -0.123. The summed E-state index contributed by atoms with van der Waals surface area (Å²) in [6, 6.07) is 11.1. The molecule has 24 heavy (non-hydrogen) atoms. The van der Waals surface area contributed by atoms with E-state index >= 15 is 0 Å². The molecule has 0 radical (unpaired) electrons. The second-order valence-corrected chi connectivity index (χ2v) is 6.81. The maximum absolute atomic E-state index is 12.4. The summed E-state index contributed by atoms with van der Waals surface area (Å²) in [6.45, 7) is 3.96. The topological polar surface area (TPSA) is 65.4 Å². The molecule has 3 rings (SSSR count). The maximum atomic E-state index is 12.4. The van der Waals surface area contributed by atoms with E-state index in [4.69, 9.17) is 4.74 Å². The Balaban J connectivity index is 1.61. The number of hydrogen-bond acceptors (Lipinski definition) is 4. The van der Waals surface area contributed by atoms with Gasteiger partial charge in [0.05, 0.1) is 6.07 Å². The number of hydrogen-bond donors (Lipinski definition) is 1. The quantitative estimate of drug-likeness (QED) is 0.922. The maximum Gasteiger partial charge on any atom is 0.223 e. The second kappa shape index (κ2) is 7.23. The molecule has 128 valence electrons. The molecule has 2 heterocycles. The minimum atomic E-state index is -0.749. The molecule has 2 aliphatic rings. The number of ether oxygens (including phenoxy) is 1. The molecule has 5 heteroatoms. The highest BCUT2D eigenvalue weighted by Gasteiger charge is 2.34. The standard InChI is InChI=1S/C19H25N3O2/c1-15-6-7-16-4-2-3-5-17(16)22(15)11-8-18(23)21-19(14-20)9-12-24-13-10-19/h2-5,15H,6-13H2,1H3,(H,21,23)/t15-/m1/s1. The number of para-hydroxylation sites is 1. The van der Waals surface area contributed by atoms with Gasteiger partial charge in [0.2, 0.25) is 5.91 Å². The molecule has 0 spiro atoms. The first-order valence-corrected chi connectivity index (χ1v) is 8.78. The number of benzene rings is 1. The fraction of sp³-hybridized carbons (Fsp3) is 0.579. The molecule has 0 bridgehead atoms. The number of nitriles is 1. The molecule has 5 nitrogen and oxygen atoms in total. The van der Waals surface area contributed by atoms with E-state index in [-0.39, 0.29) is 5.91 Å². The molecule has 1 fully saturated rings. The molecule has 1 N–H and O–H groups in total. The molecule has 2 aliphatic heterocycles. The molecule has 0 aliphatic carbocycles. The first-order chi connectivity index (χ1) is 11.6. The molecule has 1 atom stereocenters. The summed E-state index contributed by atoms with van der Waals surface area (Å²) in [6.07, 6.45) is 3.75. The van der Waals surface area contributed by atoms with Crippen LogP contribution >= 0.6 is 0 Å². The average molecular weight is 327 g/mol. The Kier molecular flexibility index (Phi) is 5.06. The van der Waals surface area contributed by atoms with Crippen LogP contribution in [0.15, 0.2) is 24.3 Å². The van der Waals surface area contributed by atoms with Gasteiger partial charge in [-0.1, -0.05) is 18.2 Å². The molecule has 1 aromatic carbocycles. The number of fused-ring (bicyclic) bond motifs is 1. The van der Waals surface area contributed by atoms with Crippen LogP contribution in [-0.2, 0) is 16.0 Å². The molecule has 0 aromatic heterocycles. The Hall–Kier alpha value is -2.06. The number of nitrogens with one attached hydrogen (secondary N) is 1. The van der Waals surface area contributed by atoms with E-state index in [1.165, 1.54) is 11.3 Å². The molecule has 1 aromatic rings. The van der Waals surface area contributed by atoms with Gasteiger partial charge in [-0.3, -0.25) is 4.79 Å². The summed E-state index contributed by atoms with van der Waals surface area (Å²) >= 11 is 0. The first kappa shape index (κ1) is 16.8. The minimum absolute atomic E-state index is 0.0475. The monoisotopic (exact) mass is 327 g/mol. The molecular weight excluding hydrogens is 302 g/mol. The van der Waals surface area contributed by atoms with Gasteiger partial charge in [0.25, 0.3) is 0 Å². The van der Waals surface area contributed by atoms with Crippen molar-refractivity contribution in [3.63, 3.8) is 0 Å². The Labute approximate surface area is 143 Å². The van der Waals surface area contributed by atoms with Crippen molar-refractivity contribution in [1.29, 1.82) is 5.26 Å². The van der Waals surface area contributed by atoms with E-state index in [1.54, 1.807) is 0 Å². The number of nitrogens with zero attached hydrogens (tertiary/aromatic N) is 2. The Bertz CT molecular complexity index is 632. The predicted molar refractivity (Wildman–Crippen MR) is 92.7 cm³/mol. The number of anilines is 1. The molecule has 0 unspecified atom stereocenters. The van der Waals surface area contributed by atoms with Crippen LogP contribution in [0.25, 0.3) is 0 Å². The lowest BCUT2D eigenvalue weighted by Gasteiger charge is -2.37. The summed E-state index contributed by atoms with van der Waals surface area (Å²) in [7, 11) is 0. The van der Waals surface area contributed by atoms with E-state index in [9.17, 15) is 10.1 Å². The Morgan fingerprint density at radius 1 is 1.42 bits per heavy atom. The van der Waals surface area contributed by atoms with E-state index < -0.39 is 5.54 Å². The van der Waals surface area contributed by atoms with Crippen molar-refractivity contribution < 1.29 is 9.53 Å². The number of rotatable bonds is 4. The number of carbonyl (C=O) groups is 1. The fourth-order valence-corrected chi connectivity index (χ4v) is 3.64. The predicted octanol–water partition coefficient (Wildman–Crippen LogP) is 2.41. The highest BCUT2D eigenvalue weighted by molar-refractivity contribution is 5.78. The van der Waals surface area contributed by atoms with Crippen LogP contribution in [0.4, 0.5) is 5.69 Å². The van der Waals surface area contributed by atoms with Crippen LogP contribution in [-0.4, -0.2) is 37.2 Å². The van der Waals surface area contributed by atoms with Crippen molar-refractivity contribution in [3.05, 3.63) is 29.8 Å². The van der Waals surface area contributed by atoms with Gasteiger partial charge in [-0.2, -0.15) is 5.26 Å². The Morgan fingerprint density at radius 3 is 2.92 bits per heavy atom. The summed E-state index contributed by atoms with van der Waals surface area (Å²) in [5.41, 5.74) is 1.85. The van der Waals surface area contributed by atoms with Crippen LogP contribution in [0, 0.1) is 11.3 Å². The van der Waals surface area contributed by atoms with Crippen molar-refractivity contribution in [2.45, 2.75) is 50.6 Å². The molecule has 1 amide bonds. The number of amides is 1. The van der Waals surface area contributed by atoms with Gasteiger partial charge in [0.15, 0.2) is 0 Å². The summed E-state index contributed by atoms with van der Waals surface area (Å²) < 4.78 is 5.31. The van der Waals surface area contributed by atoms with Gasteiger partial charge in [0.1, 0.15) is 5.54 Å². The first-order valence-electron chi connectivity index (χ1n) is 8.78. The Morgan fingerprint density at radius 2 is 2.17 bits per heavy atom. The van der Waals surface area contributed by atoms with Gasteiger partial charge < -0.3 is 15.0 Å². The zero-order valence-electron chi connectivity index (χ0n) is 14.3. The third kappa shape index (κ3) is 3.54. The zero-order chi connectivity index (χ0) is 17.0. The summed E-state index contributed by atoms with van der Waals surface area (Å²) in [5.74, 6) is -0.0475. The zero-order valence-corrected chi connectivity index (χ0v) is 14.3. The fourth-order valence-electron chi connectivity index (χ4n) is 3.64. The largest absolute Gasteiger partial charge is 0.381 e. The SMILES string of the molecule is C[C@@H]1CCc2ccccc2N1CCC(=O)NC1(C#N)CCOCC1. The van der Waals surface area contributed by atoms with Crippen LogP contribution < -0.4 is 10.2 Å². The van der Waals surface area contributed by atoms with Crippen LogP contribution in [0.5, 0.6) is 0 Å². The van der Waals surface area contributed by atoms with Crippen molar-refractivity contribution in [2.24, 2.45) is 0 Å².